The Labute approximate surface area is 183 Å². The van der Waals surface area contributed by atoms with E-state index in [9.17, 15) is 8.78 Å². The Bertz CT molecular complexity index is 1190. The molecule has 1 atom stereocenters. The third kappa shape index (κ3) is 4.09. The molecule has 5 nitrogen and oxygen atoms in total. The first kappa shape index (κ1) is 20.2. The number of piperidine rings is 1. The molecular formula is C23H23F2N5S. The minimum absolute atomic E-state index is 0.150. The van der Waals surface area contributed by atoms with E-state index in [2.05, 4.69) is 25.3 Å². The number of fused-ring (bicyclic) bond motifs is 1. The Morgan fingerprint density at radius 3 is 2.90 bits per heavy atom. The molecule has 5 rings (SSSR count). The van der Waals surface area contributed by atoms with Gasteiger partial charge in [0.2, 0.25) is 0 Å². The Morgan fingerprint density at radius 2 is 2.16 bits per heavy atom. The van der Waals surface area contributed by atoms with Crippen molar-refractivity contribution in [1.29, 1.82) is 0 Å². The van der Waals surface area contributed by atoms with Gasteiger partial charge in [0.05, 0.1) is 11.3 Å². The Morgan fingerprint density at radius 1 is 1.26 bits per heavy atom. The van der Waals surface area contributed by atoms with Gasteiger partial charge >= 0.3 is 0 Å². The first-order valence-corrected chi connectivity index (χ1v) is 11.3. The molecule has 0 spiro atoms. The molecule has 4 heterocycles. The lowest BCUT2D eigenvalue weighted by Gasteiger charge is -2.22. The fourth-order valence-corrected chi connectivity index (χ4v) is 4.86. The van der Waals surface area contributed by atoms with E-state index >= 15 is 0 Å². The highest BCUT2D eigenvalue weighted by molar-refractivity contribution is 7.13. The minimum Gasteiger partial charge on any atom is -0.360 e. The van der Waals surface area contributed by atoms with Crippen molar-refractivity contribution < 1.29 is 8.78 Å². The van der Waals surface area contributed by atoms with Crippen LogP contribution in [0.5, 0.6) is 0 Å². The number of nitrogens with one attached hydrogen (secondary N) is 2. The summed E-state index contributed by atoms with van der Waals surface area (Å²) in [6, 6.07) is 5.91. The number of rotatable bonds is 5. The van der Waals surface area contributed by atoms with Crippen LogP contribution in [0.15, 0.2) is 42.2 Å². The molecule has 1 saturated heterocycles. The second kappa shape index (κ2) is 8.09. The molecule has 0 amide bonds. The fraction of sp³-hybridized carbons (Fsp3) is 0.348. The lowest BCUT2D eigenvalue weighted by molar-refractivity contribution is 0.0174. The lowest BCUT2D eigenvalue weighted by Crippen LogP contribution is -2.31. The highest BCUT2D eigenvalue weighted by Crippen LogP contribution is 2.38. The molecule has 4 aromatic rings. The summed E-state index contributed by atoms with van der Waals surface area (Å²) < 4.78 is 28.9. The van der Waals surface area contributed by atoms with E-state index in [0.29, 0.717) is 29.4 Å². The quantitative estimate of drug-likeness (QED) is 0.437. The van der Waals surface area contributed by atoms with E-state index in [1.54, 1.807) is 23.7 Å². The van der Waals surface area contributed by atoms with Gasteiger partial charge in [-0.25, -0.2) is 23.7 Å². The molecule has 31 heavy (non-hydrogen) atoms. The van der Waals surface area contributed by atoms with Crippen molar-refractivity contribution in [2.45, 2.75) is 32.1 Å². The maximum atomic E-state index is 14.4. The molecule has 0 saturated carbocycles. The van der Waals surface area contributed by atoms with Gasteiger partial charge in [-0.05, 0) is 37.9 Å². The fourth-order valence-electron chi connectivity index (χ4n) is 4.22. The number of aromatic amines is 1. The van der Waals surface area contributed by atoms with Gasteiger partial charge in [-0.1, -0.05) is 12.1 Å². The number of halogens is 2. The lowest BCUT2D eigenvalue weighted by atomic mass is 9.95. The molecule has 1 aliphatic rings. The summed E-state index contributed by atoms with van der Waals surface area (Å²) in [6.07, 6.45) is 7.74. The van der Waals surface area contributed by atoms with Crippen molar-refractivity contribution in [1.82, 2.24) is 25.3 Å². The molecule has 8 heteroatoms. The number of aromatic nitrogens is 4. The SMILES string of the molecule is CC(F)(F)c1cnc(C[C@H]2CCCNC2)nc1-c1c[nH]c2cc(-c3nccs3)ccc12. The minimum atomic E-state index is -3.04. The normalized spacial score (nSPS) is 17.3. The van der Waals surface area contributed by atoms with Crippen LogP contribution in [0.3, 0.4) is 0 Å². The Balaban J connectivity index is 1.57. The number of nitrogens with zero attached hydrogens (tertiary/aromatic N) is 3. The van der Waals surface area contributed by atoms with Crippen LogP contribution in [0.1, 0.15) is 31.2 Å². The first-order valence-electron chi connectivity index (χ1n) is 10.5. The molecule has 0 bridgehead atoms. The molecule has 1 aliphatic heterocycles. The van der Waals surface area contributed by atoms with Crippen LogP contribution in [0, 0.1) is 5.92 Å². The highest BCUT2D eigenvalue weighted by Gasteiger charge is 2.31. The zero-order chi connectivity index (χ0) is 21.4. The topological polar surface area (TPSA) is 66.5 Å². The van der Waals surface area contributed by atoms with E-state index in [-0.39, 0.29) is 5.56 Å². The van der Waals surface area contributed by atoms with Gasteiger partial charge in [0.15, 0.2) is 0 Å². The second-order valence-corrected chi connectivity index (χ2v) is 9.05. The van der Waals surface area contributed by atoms with Gasteiger partial charge in [-0.15, -0.1) is 11.3 Å². The van der Waals surface area contributed by atoms with E-state index in [0.717, 1.165) is 54.3 Å². The summed E-state index contributed by atoms with van der Waals surface area (Å²) in [4.78, 5) is 16.5. The zero-order valence-electron chi connectivity index (χ0n) is 17.2. The number of hydrogen-bond donors (Lipinski definition) is 2. The molecule has 2 N–H and O–H groups in total. The molecule has 1 fully saturated rings. The van der Waals surface area contributed by atoms with Gasteiger partial charge < -0.3 is 10.3 Å². The average molecular weight is 440 g/mol. The number of thiazole rings is 1. The predicted octanol–water partition coefficient (Wildman–Crippen LogP) is 5.40. The van der Waals surface area contributed by atoms with Crippen molar-refractivity contribution in [3.05, 3.63) is 53.6 Å². The Hall–Kier alpha value is -2.71. The first-order chi connectivity index (χ1) is 15.0. The van der Waals surface area contributed by atoms with Crippen molar-refractivity contribution in [3.8, 4) is 21.8 Å². The second-order valence-electron chi connectivity index (χ2n) is 8.15. The summed E-state index contributed by atoms with van der Waals surface area (Å²) in [6.45, 7) is 2.84. The van der Waals surface area contributed by atoms with Crippen LogP contribution < -0.4 is 5.32 Å². The third-order valence-corrected chi connectivity index (χ3v) is 6.62. The van der Waals surface area contributed by atoms with Crippen molar-refractivity contribution >= 4 is 22.2 Å². The number of hydrogen-bond acceptors (Lipinski definition) is 5. The van der Waals surface area contributed by atoms with Crippen LogP contribution in [-0.4, -0.2) is 33.0 Å². The number of benzene rings is 1. The summed E-state index contributed by atoms with van der Waals surface area (Å²) in [5, 5.41) is 7.10. The largest absolute Gasteiger partial charge is 0.360 e. The standard InChI is InChI=1S/C23H23F2N5S/c1-23(24,25)18-13-29-20(9-14-3-2-6-26-11-14)30-21(18)17-12-28-19-10-15(4-5-16(17)19)22-27-7-8-31-22/h4-5,7-8,10,12-14,26,28H,2-3,6,9,11H2,1H3/t14-/m1/s1. The molecular weight excluding hydrogens is 416 g/mol. The zero-order valence-corrected chi connectivity index (χ0v) is 18.0. The summed E-state index contributed by atoms with van der Waals surface area (Å²) in [5.74, 6) is -1.99. The van der Waals surface area contributed by atoms with E-state index in [4.69, 9.17) is 0 Å². The van der Waals surface area contributed by atoms with Crippen LogP contribution in [0.2, 0.25) is 0 Å². The summed E-state index contributed by atoms with van der Waals surface area (Å²) in [5.41, 5.74) is 2.68. The van der Waals surface area contributed by atoms with Crippen molar-refractivity contribution in [2.75, 3.05) is 13.1 Å². The molecule has 160 valence electrons. The van der Waals surface area contributed by atoms with E-state index < -0.39 is 5.92 Å². The van der Waals surface area contributed by atoms with Crippen LogP contribution in [0.25, 0.3) is 32.7 Å². The number of alkyl halides is 2. The smallest absolute Gasteiger partial charge is 0.274 e. The van der Waals surface area contributed by atoms with Gasteiger partial charge in [0.1, 0.15) is 10.8 Å². The molecule has 0 unspecified atom stereocenters. The van der Waals surface area contributed by atoms with Crippen LogP contribution in [0.4, 0.5) is 8.78 Å². The monoisotopic (exact) mass is 439 g/mol. The summed E-state index contributed by atoms with van der Waals surface area (Å²) in [7, 11) is 0. The molecule has 0 aliphatic carbocycles. The van der Waals surface area contributed by atoms with Gasteiger partial charge in [0.25, 0.3) is 5.92 Å². The maximum Gasteiger partial charge on any atom is 0.274 e. The maximum absolute atomic E-state index is 14.4. The molecule has 1 aromatic carbocycles. The third-order valence-electron chi connectivity index (χ3n) is 5.80. The van der Waals surface area contributed by atoms with Crippen LogP contribution >= 0.6 is 11.3 Å². The van der Waals surface area contributed by atoms with E-state index in [1.807, 2.05) is 23.6 Å². The molecule has 0 radical (unpaired) electrons. The van der Waals surface area contributed by atoms with Gasteiger partial charge in [-0.2, -0.15) is 0 Å². The number of H-pyrrole nitrogens is 1. The summed E-state index contributed by atoms with van der Waals surface area (Å²) >= 11 is 1.56. The Kier molecular flexibility index (Phi) is 5.27. The van der Waals surface area contributed by atoms with Gasteiger partial charge in [-0.3, -0.25) is 0 Å². The molecule has 3 aromatic heterocycles. The highest BCUT2D eigenvalue weighted by atomic mass is 32.1. The van der Waals surface area contributed by atoms with Crippen molar-refractivity contribution in [3.63, 3.8) is 0 Å². The van der Waals surface area contributed by atoms with Crippen molar-refractivity contribution in [2.24, 2.45) is 5.92 Å². The van der Waals surface area contributed by atoms with Gasteiger partial charge in [0, 0.05) is 59.3 Å². The van der Waals surface area contributed by atoms with Crippen LogP contribution in [-0.2, 0) is 12.3 Å². The average Bonchev–Trinajstić information content (AvgIpc) is 3.43. The van der Waals surface area contributed by atoms with E-state index in [1.165, 1.54) is 6.20 Å². The predicted molar refractivity (Wildman–Crippen MR) is 119 cm³/mol.